The molecule has 2 aliphatic rings. The van der Waals surface area contributed by atoms with Crippen LogP contribution in [0, 0.1) is 0 Å². The van der Waals surface area contributed by atoms with Gasteiger partial charge in [-0.15, -0.1) is 0 Å². The van der Waals surface area contributed by atoms with Crippen molar-refractivity contribution in [2.75, 3.05) is 0 Å². The third kappa shape index (κ3) is 2.42. The van der Waals surface area contributed by atoms with E-state index in [0.717, 1.165) is 24.9 Å². The summed E-state index contributed by atoms with van der Waals surface area (Å²) in [6, 6.07) is 0.826. The number of nitrogens with zero attached hydrogens (tertiary/aromatic N) is 1. The SMILES string of the molecule is O=S1(=O)C2CCCC1CC(O)(c1cnccc1C(F)(F)F)C2. The van der Waals surface area contributed by atoms with Crippen LogP contribution in [0.25, 0.3) is 0 Å². The minimum absolute atomic E-state index is 0.194. The zero-order chi connectivity index (χ0) is 16.2. The number of rotatable bonds is 1. The number of alkyl halides is 3. The van der Waals surface area contributed by atoms with Crippen molar-refractivity contribution in [2.24, 2.45) is 0 Å². The molecule has 122 valence electrons. The summed E-state index contributed by atoms with van der Waals surface area (Å²) in [5, 5.41) is 9.28. The van der Waals surface area contributed by atoms with Gasteiger partial charge in [0, 0.05) is 18.0 Å². The molecule has 0 aliphatic carbocycles. The van der Waals surface area contributed by atoms with Gasteiger partial charge >= 0.3 is 6.18 Å². The van der Waals surface area contributed by atoms with Gasteiger partial charge in [-0.1, -0.05) is 6.42 Å². The molecule has 0 saturated carbocycles. The van der Waals surface area contributed by atoms with Gasteiger partial charge in [0.15, 0.2) is 9.84 Å². The maximum absolute atomic E-state index is 13.2. The first-order chi connectivity index (χ1) is 10.1. The number of halogens is 3. The normalized spacial score (nSPS) is 34.4. The summed E-state index contributed by atoms with van der Waals surface area (Å²) < 4.78 is 64.0. The van der Waals surface area contributed by atoms with Crippen LogP contribution in [0.4, 0.5) is 13.2 Å². The number of fused-ring (bicyclic) bond motifs is 2. The van der Waals surface area contributed by atoms with E-state index in [-0.39, 0.29) is 18.4 Å². The maximum Gasteiger partial charge on any atom is 0.416 e. The van der Waals surface area contributed by atoms with E-state index in [1.807, 2.05) is 0 Å². The highest BCUT2D eigenvalue weighted by atomic mass is 32.2. The maximum atomic E-state index is 13.2. The summed E-state index contributed by atoms with van der Waals surface area (Å²) in [5.74, 6) is 0. The van der Waals surface area contributed by atoms with E-state index in [9.17, 15) is 26.7 Å². The van der Waals surface area contributed by atoms with Crippen LogP contribution in [0.2, 0.25) is 0 Å². The van der Waals surface area contributed by atoms with Gasteiger partial charge in [0.1, 0.15) is 0 Å². The second kappa shape index (κ2) is 4.92. The molecule has 1 N–H and O–H groups in total. The Morgan fingerprint density at radius 1 is 1.23 bits per heavy atom. The van der Waals surface area contributed by atoms with Gasteiger partial charge in [0.25, 0.3) is 0 Å². The number of hydrogen-bond acceptors (Lipinski definition) is 4. The van der Waals surface area contributed by atoms with Crippen molar-refractivity contribution in [2.45, 2.75) is 54.4 Å². The predicted octanol–water partition coefficient (Wildman–Crippen LogP) is 2.42. The van der Waals surface area contributed by atoms with Crippen molar-refractivity contribution < 1.29 is 26.7 Å². The second-order valence-electron chi connectivity index (χ2n) is 6.12. The van der Waals surface area contributed by atoms with Gasteiger partial charge in [-0.2, -0.15) is 13.2 Å². The van der Waals surface area contributed by atoms with Crippen LogP contribution in [0.15, 0.2) is 18.5 Å². The van der Waals surface area contributed by atoms with Crippen molar-refractivity contribution in [1.82, 2.24) is 4.98 Å². The van der Waals surface area contributed by atoms with E-state index >= 15 is 0 Å². The largest absolute Gasteiger partial charge is 0.416 e. The molecule has 2 bridgehead atoms. The number of aliphatic hydroxyl groups is 1. The number of pyridine rings is 1. The van der Waals surface area contributed by atoms with Crippen molar-refractivity contribution in [3.63, 3.8) is 0 Å². The van der Waals surface area contributed by atoms with Crippen molar-refractivity contribution in [3.05, 3.63) is 29.6 Å². The molecule has 1 aromatic rings. The van der Waals surface area contributed by atoms with Gasteiger partial charge in [-0.05, 0) is 31.7 Å². The molecule has 4 nitrogen and oxygen atoms in total. The minimum Gasteiger partial charge on any atom is -0.385 e. The standard InChI is InChI=1S/C14H16F3NO3S/c15-14(16,17)11-4-5-18-8-12(11)13(19)6-9-2-1-3-10(7-13)22(9,20)21/h4-5,8-10,19H,1-3,6-7H2. The van der Waals surface area contributed by atoms with E-state index in [4.69, 9.17) is 0 Å². The van der Waals surface area contributed by atoms with Crippen LogP contribution < -0.4 is 0 Å². The third-order valence-electron chi connectivity index (χ3n) is 4.74. The van der Waals surface area contributed by atoms with E-state index in [2.05, 4.69) is 4.98 Å². The highest BCUT2D eigenvalue weighted by molar-refractivity contribution is 7.92. The Hall–Kier alpha value is -1.15. The van der Waals surface area contributed by atoms with Crippen molar-refractivity contribution in [3.8, 4) is 0 Å². The minimum atomic E-state index is -4.61. The highest BCUT2D eigenvalue weighted by Gasteiger charge is 2.53. The van der Waals surface area contributed by atoms with Crippen LogP contribution >= 0.6 is 0 Å². The third-order valence-corrected chi connectivity index (χ3v) is 7.40. The molecule has 1 aromatic heterocycles. The Morgan fingerprint density at radius 2 is 1.82 bits per heavy atom. The van der Waals surface area contributed by atoms with Gasteiger partial charge in [-0.25, -0.2) is 8.42 Å². The Balaban J connectivity index is 2.06. The molecule has 3 heterocycles. The molecule has 3 rings (SSSR count). The lowest BCUT2D eigenvalue weighted by Gasteiger charge is -2.44. The fourth-order valence-electron chi connectivity index (χ4n) is 3.68. The quantitative estimate of drug-likeness (QED) is 0.856. The monoisotopic (exact) mass is 335 g/mol. The molecule has 0 amide bonds. The lowest BCUT2D eigenvalue weighted by atomic mass is 9.79. The van der Waals surface area contributed by atoms with Crippen molar-refractivity contribution >= 4 is 9.84 Å². The van der Waals surface area contributed by atoms with Crippen LogP contribution in [0.1, 0.15) is 43.2 Å². The average molecular weight is 335 g/mol. The Kier molecular flexibility index (Phi) is 3.52. The molecule has 2 aliphatic heterocycles. The molecule has 22 heavy (non-hydrogen) atoms. The van der Waals surface area contributed by atoms with Crippen LogP contribution in [-0.2, 0) is 21.6 Å². The van der Waals surface area contributed by atoms with E-state index in [0.29, 0.717) is 12.8 Å². The first-order valence-electron chi connectivity index (χ1n) is 7.11. The summed E-state index contributed by atoms with van der Waals surface area (Å²) in [6.45, 7) is 0. The number of aromatic nitrogens is 1. The second-order valence-corrected chi connectivity index (χ2v) is 8.63. The number of sulfone groups is 1. The zero-order valence-electron chi connectivity index (χ0n) is 11.7. The molecule has 0 radical (unpaired) electrons. The molecule has 2 unspecified atom stereocenters. The van der Waals surface area contributed by atoms with E-state index < -0.39 is 37.7 Å². The molecule has 0 aromatic carbocycles. The van der Waals surface area contributed by atoms with Gasteiger partial charge in [0.2, 0.25) is 0 Å². The first kappa shape index (κ1) is 15.7. The van der Waals surface area contributed by atoms with Crippen molar-refractivity contribution in [1.29, 1.82) is 0 Å². The molecule has 2 fully saturated rings. The van der Waals surface area contributed by atoms with Crippen LogP contribution in [-0.4, -0.2) is 29.0 Å². The predicted molar refractivity (Wildman–Crippen MR) is 72.7 cm³/mol. The molecule has 8 heteroatoms. The van der Waals surface area contributed by atoms with Gasteiger partial charge in [-0.3, -0.25) is 4.98 Å². The van der Waals surface area contributed by atoms with Gasteiger partial charge in [0.05, 0.1) is 21.7 Å². The zero-order valence-corrected chi connectivity index (χ0v) is 12.5. The highest BCUT2D eigenvalue weighted by Crippen LogP contribution is 2.48. The Bertz CT molecular complexity index is 667. The smallest absolute Gasteiger partial charge is 0.385 e. The first-order valence-corrected chi connectivity index (χ1v) is 8.72. The summed E-state index contributed by atoms with van der Waals surface area (Å²) >= 11 is 0. The number of hydrogen-bond donors (Lipinski definition) is 1. The van der Waals surface area contributed by atoms with E-state index in [1.165, 1.54) is 0 Å². The molecule has 2 saturated heterocycles. The molecule has 2 atom stereocenters. The summed E-state index contributed by atoms with van der Waals surface area (Å²) in [6.07, 6.45) is -1.46. The van der Waals surface area contributed by atoms with Crippen LogP contribution in [0.3, 0.4) is 0 Å². The summed E-state index contributed by atoms with van der Waals surface area (Å²) in [7, 11) is -3.35. The Labute approximate surface area is 126 Å². The van der Waals surface area contributed by atoms with E-state index in [1.54, 1.807) is 0 Å². The molecular weight excluding hydrogens is 319 g/mol. The fraction of sp³-hybridized carbons (Fsp3) is 0.643. The average Bonchev–Trinajstić information content (AvgIpc) is 2.40. The lowest BCUT2D eigenvalue weighted by molar-refractivity contribution is -0.141. The molecule has 0 spiro atoms. The fourth-order valence-corrected chi connectivity index (χ4v) is 6.23. The summed E-state index contributed by atoms with van der Waals surface area (Å²) in [5.41, 5.74) is -3.04. The topological polar surface area (TPSA) is 67.3 Å². The van der Waals surface area contributed by atoms with Gasteiger partial charge < -0.3 is 5.11 Å². The Morgan fingerprint density at radius 3 is 2.36 bits per heavy atom. The lowest BCUT2D eigenvalue weighted by Crippen LogP contribution is -2.50. The summed E-state index contributed by atoms with van der Waals surface area (Å²) in [4.78, 5) is 3.70. The van der Waals surface area contributed by atoms with Crippen LogP contribution in [0.5, 0.6) is 0 Å². The molecular formula is C14H16F3NO3S.